The predicted molar refractivity (Wildman–Crippen MR) is 203 cm³/mol. The molecule has 4 saturated carbocycles. The van der Waals surface area contributed by atoms with E-state index < -0.39 is 22.8 Å². The molecule has 290 valence electrons. The molecule has 9 atom stereocenters. The van der Waals surface area contributed by atoms with Gasteiger partial charge in [0.15, 0.2) is 5.78 Å². The molecule has 5 aliphatic carbocycles. The van der Waals surface area contributed by atoms with Gasteiger partial charge >= 0.3 is 11.9 Å². The first-order valence-electron chi connectivity index (χ1n) is 20.1. The van der Waals surface area contributed by atoms with E-state index in [9.17, 15) is 24.3 Å². The molecule has 5 aliphatic rings. The van der Waals surface area contributed by atoms with Crippen LogP contribution in [0.3, 0.4) is 0 Å². The van der Waals surface area contributed by atoms with Crippen molar-refractivity contribution in [2.45, 2.75) is 146 Å². The molecule has 1 heterocycles. The van der Waals surface area contributed by atoms with Gasteiger partial charge in [-0.2, -0.15) is 0 Å². The second-order valence-corrected chi connectivity index (χ2v) is 19.8. The number of carboxylic acid groups (broad SMARTS) is 1. The van der Waals surface area contributed by atoms with Crippen LogP contribution in [0.4, 0.5) is 0 Å². The Labute approximate surface area is 316 Å². The maximum Gasteiger partial charge on any atom is 0.309 e. The SMILES string of the molecule is CC(C)C1=C2[C@H]3CC[C@@H]4[C@@]5(C)CC[C@H](OC(=O)CC(C)(C)C(=O)O)C(C)(C)[C@@H]5CC[C@@]4(C)[C@]3(C)CC[C@@]2(/C=C/C(=O)N[C@@H](C)c2ccncn2)CC1=O. The third kappa shape index (κ3) is 6.30. The second kappa shape index (κ2) is 13.4. The van der Waals surface area contributed by atoms with E-state index in [1.807, 2.05) is 6.92 Å². The van der Waals surface area contributed by atoms with Crippen LogP contribution in [-0.4, -0.2) is 44.8 Å². The summed E-state index contributed by atoms with van der Waals surface area (Å²) in [4.78, 5) is 60.4. The monoisotopic (exact) mass is 729 g/mol. The van der Waals surface area contributed by atoms with Gasteiger partial charge in [-0.1, -0.05) is 54.5 Å². The molecule has 1 aromatic rings. The highest BCUT2D eigenvalue weighted by Crippen LogP contribution is 2.77. The number of ketones is 1. The van der Waals surface area contributed by atoms with E-state index in [2.05, 4.69) is 69.8 Å². The number of hydrogen-bond acceptors (Lipinski definition) is 7. The molecule has 0 unspecified atom stereocenters. The summed E-state index contributed by atoms with van der Waals surface area (Å²) in [5.74, 6) is -0.149. The van der Waals surface area contributed by atoms with E-state index in [0.717, 1.165) is 62.6 Å². The number of carboxylic acids is 1. The highest BCUT2D eigenvalue weighted by Gasteiger charge is 2.70. The fourth-order valence-electron chi connectivity index (χ4n) is 12.8. The minimum atomic E-state index is -1.17. The normalized spacial score (nSPS) is 37.0. The largest absolute Gasteiger partial charge is 0.481 e. The molecule has 2 N–H and O–H groups in total. The first-order chi connectivity index (χ1) is 24.6. The Kier molecular flexibility index (Phi) is 9.97. The van der Waals surface area contributed by atoms with Crippen LogP contribution in [0.5, 0.6) is 0 Å². The lowest BCUT2D eigenvalue weighted by Crippen LogP contribution is -2.65. The topological polar surface area (TPSA) is 136 Å². The highest BCUT2D eigenvalue weighted by atomic mass is 16.5. The van der Waals surface area contributed by atoms with Crippen LogP contribution < -0.4 is 5.32 Å². The average Bonchev–Trinajstić information content (AvgIpc) is 3.38. The average molecular weight is 730 g/mol. The highest BCUT2D eigenvalue weighted by molar-refractivity contribution is 6.01. The summed E-state index contributed by atoms with van der Waals surface area (Å²) in [5, 5.41) is 12.7. The quantitative estimate of drug-likeness (QED) is 0.191. The number of Topliss-reactive ketones (excluding diaryl/α,β-unsaturated/α-hetero) is 1. The lowest BCUT2D eigenvalue weighted by Gasteiger charge is -2.72. The molecule has 9 heteroatoms. The zero-order valence-corrected chi connectivity index (χ0v) is 33.8. The van der Waals surface area contributed by atoms with Gasteiger partial charge in [-0.25, -0.2) is 9.97 Å². The number of hydrogen-bond donors (Lipinski definition) is 2. The fraction of sp³-hybridized carbons (Fsp3) is 0.727. The number of rotatable bonds is 9. The van der Waals surface area contributed by atoms with E-state index in [1.54, 1.807) is 32.2 Å². The number of aliphatic carboxylic acids is 1. The van der Waals surface area contributed by atoms with Gasteiger partial charge in [-0.15, -0.1) is 0 Å². The number of carbonyl (C=O) groups is 4. The lowest BCUT2D eigenvalue weighted by atomic mass is 9.33. The Morgan fingerprint density at radius 2 is 1.70 bits per heavy atom. The van der Waals surface area contributed by atoms with Crippen LogP contribution in [0.2, 0.25) is 0 Å². The summed E-state index contributed by atoms with van der Waals surface area (Å²) < 4.78 is 6.16. The summed E-state index contributed by atoms with van der Waals surface area (Å²) in [5.41, 5.74) is 1.28. The number of carbonyl (C=O) groups excluding carboxylic acids is 3. The number of allylic oxidation sites excluding steroid dienone is 3. The van der Waals surface area contributed by atoms with Crippen molar-refractivity contribution in [3.05, 3.63) is 47.6 Å². The fourth-order valence-corrected chi connectivity index (χ4v) is 12.8. The summed E-state index contributed by atoms with van der Waals surface area (Å²) in [7, 11) is 0. The molecule has 0 bridgehead atoms. The molecule has 1 aromatic heterocycles. The van der Waals surface area contributed by atoms with Crippen molar-refractivity contribution in [1.29, 1.82) is 0 Å². The first-order valence-corrected chi connectivity index (χ1v) is 20.1. The molecule has 4 fully saturated rings. The first kappa shape index (κ1) is 39.3. The Hall–Kier alpha value is -3.36. The van der Waals surface area contributed by atoms with Crippen molar-refractivity contribution in [2.75, 3.05) is 0 Å². The molecule has 53 heavy (non-hydrogen) atoms. The molecule has 6 rings (SSSR count). The second-order valence-electron chi connectivity index (χ2n) is 19.8. The smallest absolute Gasteiger partial charge is 0.309 e. The summed E-state index contributed by atoms with van der Waals surface area (Å²) in [6, 6.07) is 1.54. The van der Waals surface area contributed by atoms with Gasteiger partial charge in [-0.3, -0.25) is 19.2 Å². The van der Waals surface area contributed by atoms with E-state index in [-0.39, 0.29) is 63.8 Å². The molecule has 0 radical (unpaired) electrons. The van der Waals surface area contributed by atoms with Gasteiger partial charge in [0, 0.05) is 23.4 Å². The minimum absolute atomic E-state index is 0.0129. The van der Waals surface area contributed by atoms with Crippen molar-refractivity contribution in [3.63, 3.8) is 0 Å². The van der Waals surface area contributed by atoms with Crippen LogP contribution in [0, 0.1) is 56.2 Å². The van der Waals surface area contributed by atoms with Crippen molar-refractivity contribution in [2.24, 2.45) is 56.2 Å². The molecular formula is C44H63N3O6. The predicted octanol–water partition coefficient (Wildman–Crippen LogP) is 8.60. The number of esters is 1. The maximum atomic E-state index is 14.0. The van der Waals surface area contributed by atoms with Gasteiger partial charge in [0.2, 0.25) is 5.91 Å². The Bertz CT molecular complexity index is 1710. The number of aromatic nitrogens is 2. The van der Waals surface area contributed by atoms with Crippen LogP contribution in [0.1, 0.15) is 145 Å². The molecule has 0 aromatic carbocycles. The molecule has 0 spiro atoms. The Morgan fingerprint density at radius 3 is 2.34 bits per heavy atom. The van der Waals surface area contributed by atoms with Gasteiger partial charge in [0.05, 0.1) is 23.6 Å². The van der Waals surface area contributed by atoms with E-state index in [4.69, 9.17) is 4.74 Å². The molecule has 9 nitrogen and oxygen atoms in total. The Balaban J connectivity index is 1.27. The lowest BCUT2D eigenvalue weighted by molar-refractivity contribution is -0.232. The Morgan fingerprint density at radius 1 is 0.981 bits per heavy atom. The third-order valence-electron chi connectivity index (χ3n) is 15.8. The number of nitrogens with zero attached hydrogens (tertiary/aromatic N) is 2. The summed E-state index contributed by atoms with van der Waals surface area (Å²) in [6.45, 7) is 21.5. The van der Waals surface area contributed by atoms with Crippen molar-refractivity contribution >= 4 is 23.6 Å². The van der Waals surface area contributed by atoms with Gasteiger partial charge < -0.3 is 15.2 Å². The van der Waals surface area contributed by atoms with E-state index >= 15 is 0 Å². The minimum Gasteiger partial charge on any atom is -0.481 e. The third-order valence-corrected chi connectivity index (χ3v) is 15.8. The number of fused-ring (bicyclic) bond motifs is 7. The molecule has 0 saturated heterocycles. The maximum absolute atomic E-state index is 14.0. The summed E-state index contributed by atoms with van der Waals surface area (Å²) in [6.07, 6.45) is 14.8. The molecule has 1 amide bonds. The van der Waals surface area contributed by atoms with Crippen molar-refractivity contribution < 1.29 is 29.0 Å². The summed E-state index contributed by atoms with van der Waals surface area (Å²) >= 11 is 0. The van der Waals surface area contributed by atoms with E-state index in [0.29, 0.717) is 18.3 Å². The van der Waals surface area contributed by atoms with Gasteiger partial charge in [0.1, 0.15) is 12.4 Å². The molecule has 0 aliphatic heterocycles. The van der Waals surface area contributed by atoms with Crippen LogP contribution in [0.15, 0.2) is 41.9 Å². The van der Waals surface area contributed by atoms with Crippen molar-refractivity contribution in [1.82, 2.24) is 15.3 Å². The number of nitrogens with one attached hydrogen (secondary N) is 1. The van der Waals surface area contributed by atoms with Gasteiger partial charge in [-0.05, 0) is 135 Å². The van der Waals surface area contributed by atoms with Crippen LogP contribution >= 0.6 is 0 Å². The van der Waals surface area contributed by atoms with Crippen LogP contribution in [0.25, 0.3) is 0 Å². The van der Waals surface area contributed by atoms with E-state index in [1.165, 1.54) is 11.9 Å². The molecular weight excluding hydrogens is 666 g/mol. The number of ether oxygens (including phenoxy) is 1. The van der Waals surface area contributed by atoms with Crippen LogP contribution in [-0.2, 0) is 23.9 Å². The zero-order valence-electron chi connectivity index (χ0n) is 33.8. The van der Waals surface area contributed by atoms with Gasteiger partial charge in [0.25, 0.3) is 0 Å². The van der Waals surface area contributed by atoms with Crippen molar-refractivity contribution in [3.8, 4) is 0 Å². The standard InChI is InChI=1S/C44H63N3O6/c1-26(2)36-30(48)23-44(19-15-34(49)47-27(3)29-16-22-45-25-46-29)21-20-42(9)28(37(36)44)11-12-32-41(8)17-14-33(53-35(50)24-39(4,5)38(51)52)40(6,7)31(41)13-18-43(32,42)10/h15-16,19,22,25-28,31-33H,11-14,17-18,20-21,23-24H2,1-10H3,(H,47,49)(H,51,52)/b19-15+/t27-,28+,31-,32+,33-,41-,42+,43+,44-/m0/s1. The number of amides is 1. The zero-order chi connectivity index (χ0) is 38.9.